The van der Waals surface area contributed by atoms with E-state index >= 15 is 0 Å². The van der Waals surface area contributed by atoms with Gasteiger partial charge in [-0.15, -0.1) is 0 Å². The van der Waals surface area contributed by atoms with Gasteiger partial charge in [0, 0.05) is 40.7 Å². The highest BCUT2D eigenvalue weighted by Crippen LogP contribution is 2.34. The van der Waals surface area contributed by atoms with E-state index in [1.807, 2.05) is 18.2 Å². The largest absolute Gasteiger partial charge is 0.371 e. The van der Waals surface area contributed by atoms with Gasteiger partial charge in [-0.3, -0.25) is 14.9 Å². The lowest BCUT2D eigenvalue weighted by molar-refractivity contribution is 0.0845. The number of rotatable bonds is 15. The Morgan fingerprint density at radius 1 is 0.656 bits per heavy atom. The SMILES string of the molecule is CCCCCCCCN(CCCCCCCC)c1ccc2c3c(cccc13)C(=O)NC2=O. The Bertz CT molecular complexity index is 869. The minimum Gasteiger partial charge on any atom is -0.371 e. The molecule has 1 aliphatic rings. The van der Waals surface area contributed by atoms with Crippen molar-refractivity contribution in [1.29, 1.82) is 0 Å². The molecule has 0 unspecified atom stereocenters. The molecule has 4 nitrogen and oxygen atoms in total. The highest BCUT2D eigenvalue weighted by atomic mass is 16.2. The van der Waals surface area contributed by atoms with Crippen LogP contribution in [-0.2, 0) is 0 Å². The van der Waals surface area contributed by atoms with Crippen LogP contribution < -0.4 is 10.2 Å². The van der Waals surface area contributed by atoms with Crippen LogP contribution in [0, 0.1) is 0 Å². The molecule has 2 aromatic carbocycles. The number of carbonyl (C=O) groups excluding carboxylic acids is 2. The number of hydrogen-bond acceptors (Lipinski definition) is 3. The molecule has 32 heavy (non-hydrogen) atoms. The van der Waals surface area contributed by atoms with Crippen LogP contribution in [0.4, 0.5) is 5.69 Å². The molecular weight excluding hydrogens is 396 g/mol. The highest BCUT2D eigenvalue weighted by molar-refractivity contribution is 6.26. The number of unbranched alkanes of at least 4 members (excludes halogenated alkanes) is 10. The van der Waals surface area contributed by atoms with Crippen molar-refractivity contribution in [2.24, 2.45) is 0 Å². The topological polar surface area (TPSA) is 49.4 Å². The summed E-state index contributed by atoms with van der Waals surface area (Å²) < 4.78 is 0. The summed E-state index contributed by atoms with van der Waals surface area (Å²) in [5, 5.41) is 4.31. The van der Waals surface area contributed by atoms with Crippen molar-refractivity contribution in [3.63, 3.8) is 0 Å². The minimum absolute atomic E-state index is 0.288. The van der Waals surface area contributed by atoms with Crippen LogP contribution in [0.2, 0.25) is 0 Å². The Balaban J connectivity index is 1.78. The van der Waals surface area contributed by atoms with Crippen LogP contribution in [0.25, 0.3) is 10.8 Å². The second kappa shape index (κ2) is 12.6. The number of nitrogens with zero attached hydrogens (tertiary/aromatic N) is 1. The number of nitrogens with one attached hydrogen (secondary N) is 1. The lowest BCUT2D eigenvalue weighted by atomic mass is 9.93. The summed E-state index contributed by atoms with van der Waals surface area (Å²) in [7, 11) is 0. The Labute approximate surface area is 193 Å². The fraction of sp³-hybridized carbons (Fsp3) is 0.571. The molecule has 2 amide bonds. The molecule has 0 aliphatic carbocycles. The molecule has 2 aromatic rings. The number of imide groups is 1. The maximum Gasteiger partial charge on any atom is 0.258 e. The zero-order chi connectivity index (χ0) is 22.8. The molecule has 0 saturated carbocycles. The average molecular weight is 437 g/mol. The average Bonchev–Trinajstić information content (AvgIpc) is 2.80. The first-order valence-electron chi connectivity index (χ1n) is 12.8. The summed E-state index contributed by atoms with van der Waals surface area (Å²) in [4.78, 5) is 27.3. The minimum atomic E-state index is -0.288. The van der Waals surface area contributed by atoms with E-state index in [0.717, 1.165) is 29.5 Å². The quantitative estimate of drug-likeness (QED) is 0.236. The van der Waals surface area contributed by atoms with Crippen LogP contribution in [0.5, 0.6) is 0 Å². The fourth-order valence-electron chi connectivity index (χ4n) is 4.80. The molecule has 0 saturated heterocycles. The monoisotopic (exact) mass is 436 g/mol. The van der Waals surface area contributed by atoms with Gasteiger partial charge in [0.1, 0.15) is 0 Å². The van der Waals surface area contributed by atoms with Crippen LogP contribution in [-0.4, -0.2) is 24.9 Å². The molecule has 4 heteroatoms. The van der Waals surface area contributed by atoms with Gasteiger partial charge >= 0.3 is 0 Å². The molecule has 1 heterocycles. The number of benzene rings is 2. The predicted molar refractivity (Wildman–Crippen MR) is 135 cm³/mol. The van der Waals surface area contributed by atoms with Crippen molar-refractivity contribution < 1.29 is 9.59 Å². The van der Waals surface area contributed by atoms with Crippen LogP contribution in [0.1, 0.15) is 112 Å². The number of carbonyl (C=O) groups is 2. The van der Waals surface area contributed by atoms with E-state index in [2.05, 4.69) is 36.2 Å². The first-order valence-corrected chi connectivity index (χ1v) is 12.8. The second-order valence-electron chi connectivity index (χ2n) is 9.17. The second-order valence-corrected chi connectivity index (χ2v) is 9.17. The van der Waals surface area contributed by atoms with Crippen molar-refractivity contribution >= 4 is 28.3 Å². The molecule has 0 fully saturated rings. The van der Waals surface area contributed by atoms with Crippen molar-refractivity contribution in [1.82, 2.24) is 5.32 Å². The van der Waals surface area contributed by atoms with E-state index in [9.17, 15) is 9.59 Å². The number of amides is 2. The van der Waals surface area contributed by atoms with Crippen molar-refractivity contribution in [2.75, 3.05) is 18.0 Å². The lowest BCUT2D eigenvalue weighted by Gasteiger charge is -2.28. The molecule has 0 radical (unpaired) electrons. The van der Waals surface area contributed by atoms with E-state index in [4.69, 9.17) is 0 Å². The summed E-state index contributed by atoms with van der Waals surface area (Å²) in [6.07, 6.45) is 15.3. The van der Waals surface area contributed by atoms with E-state index < -0.39 is 0 Å². The Hall–Kier alpha value is -2.36. The standard InChI is InChI=1S/C28H40N2O2/c1-3-5-7-9-11-13-20-30(21-14-12-10-8-6-4-2)25-19-18-24-26-22(25)16-15-17-23(26)27(31)29-28(24)32/h15-19H,3-14,20-21H2,1-2H3,(H,29,31,32). The maximum absolute atomic E-state index is 12.4. The third-order valence-corrected chi connectivity index (χ3v) is 6.64. The summed E-state index contributed by atoms with van der Waals surface area (Å²) in [5.74, 6) is -0.577. The summed E-state index contributed by atoms with van der Waals surface area (Å²) in [6.45, 7) is 6.57. The predicted octanol–water partition coefficient (Wildman–Crippen LogP) is 7.25. The Morgan fingerprint density at radius 3 is 1.78 bits per heavy atom. The third-order valence-electron chi connectivity index (χ3n) is 6.64. The first-order chi connectivity index (χ1) is 15.7. The zero-order valence-electron chi connectivity index (χ0n) is 20.0. The lowest BCUT2D eigenvalue weighted by Crippen LogP contribution is -2.35. The number of hydrogen-bond donors (Lipinski definition) is 1. The van der Waals surface area contributed by atoms with Gasteiger partial charge in [-0.2, -0.15) is 0 Å². The summed E-state index contributed by atoms with van der Waals surface area (Å²) in [5.41, 5.74) is 2.38. The molecule has 1 aliphatic heterocycles. The Kier molecular flexibility index (Phi) is 9.58. The molecular formula is C28H40N2O2. The van der Waals surface area contributed by atoms with E-state index in [1.165, 1.54) is 77.0 Å². The Morgan fingerprint density at radius 2 is 1.19 bits per heavy atom. The fourth-order valence-corrected chi connectivity index (χ4v) is 4.80. The van der Waals surface area contributed by atoms with Crippen LogP contribution >= 0.6 is 0 Å². The van der Waals surface area contributed by atoms with Gasteiger partial charge in [-0.25, -0.2) is 0 Å². The van der Waals surface area contributed by atoms with Gasteiger partial charge in [0.05, 0.1) is 0 Å². The van der Waals surface area contributed by atoms with Gasteiger partial charge < -0.3 is 4.90 Å². The summed E-state index contributed by atoms with van der Waals surface area (Å²) in [6, 6.07) is 9.82. The third kappa shape index (κ3) is 6.11. The van der Waals surface area contributed by atoms with Gasteiger partial charge in [0.25, 0.3) is 11.8 Å². The molecule has 0 bridgehead atoms. The molecule has 0 spiro atoms. The van der Waals surface area contributed by atoms with Crippen molar-refractivity contribution in [3.8, 4) is 0 Å². The molecule has 174 valence electrons. The zero-order valence-corrected chi connectivity index (χ0v) is 20.0. The first kappa shape index (κ1) is 24.3. The molecule has 1 N–H and O–H groups in total. The van der Waals surface area contributed by atoms with Gasteiger partial charge in [0.15, 0.2) is 0 Å². The smallest absolute Gasteiger partial charge is 0.258 e. The van der Waals surface area contributed by atoms with E-state index in [-0.39, 0.29) is 11.8 Å². The number of anilines is 1. The van der Waals surface area contributed by atoms with E-state index in [0.29, 0.717) is 11.1 Å². The van der Waals surface area contributed by atoms with Crippen molar-refractivity contribution in [2.45, 2.75) is 90.9 Å². The molecule has 0 atom stereocenters. The van der Waals surface area contributed by atoms with Crippen molar-refractivity contribution in [3.05, 3.63) is 41.5 Å². The molecule has 3 rings (SSSR count). The highest BCUT2D eigenvalue weighted by Gasteiger charge is 2.26. The molecule has 0 aromatic heterocycles. The maximum atomic E-state index is 12.4. The van der Waals surface area contributed by atoms with Gasteiger partial charge in [0.2, 0.25) is 0 Å². The van der Waals surface area contributed by atoms with Gasteiger partial charge in [-0.05, 0) is 31.0 Å². The van der Waals surface area contributed by atoms with Crippen LogP contribution in [0.15, 0.2) is 30.3 Å². The summed E-state index contributed by atoms with van der Waals surface area (Å²) >= 11 is 0. The van der Waals surface area contributed by atoms with Crippen LogP contribution in [0.3, 0.4) is 0 Å². The van der Waals surface area contributed by atoms with Gasteiger partial charge in [-0.1, -0.05) is 90.2 Å². The van der Waals surface area contributed by atoms with E-state index in [1.54, 1.807) is 0 Å². The normalized spacial score (nSPS) is 12.9.